The molecule has 1 aromatic heterocycles. The van der Waals surface area contributed by atoms with Crippen molar-refractivity contribution in [2.75, 3.05) is 14.2 Å². The van der Waals surface area contributed by atoms with Gasteiger partial charge in [0.15, 0.2) is 22.9 Å². The summed E-state index contributed by atoms with van der Waals surface area (Å²) in [7, 11) is 3.12. The number of rotatable bonds is 8. The highest BCUT2D eigenvalue weighted by atomic mass is 16.5. The quantitative estimate of drug-likeness (QED) is 0.185. The van der Waals surface area contributed by atoms with Crippen LogP contribution < -0.4 is 14.2 Å². The summed E-state index contributed by atoms with van der Waals surface area (Å²) < 4.78 is 22.4. The first-order valence-electron chi connectivity index (χ1n) is 10.4. The van der Waals surface area contributed by atoms with E-state index in [1.165, 1.54) is 0 Å². The molecule has 0 fully saturated rings. The van der Waals surface area contributed by atoms with Gasteiger partial charge >= 0.3 is 0 Å². The third kappa shape index (κ3) is 4.65. The molecule has 0 amide bonds. The topological polar surface area (TPSA) is 70.8 Å². The minimum atomic E-state index is -0.246. The summed E-state index contributed by atoms with van der Waals surface area (Å²) in [6.45, 7) is 1.86. The van der Waals surface area contributed by atoms with Gasteiger partial charge in [0.2, 0.25) is 5.89 Å². The molecule has 33 heavy (non-hydrogen) atoms. The average molecular weight is 441 g/mol. The monoisotopic (exact) mass is 441 g/mol. The highest BCUT2D eigenvalue weighted by Gasteiger charge is 2.21. The van der Waals surface area contributed by atoms with Gasteiger partial charge in [0, 0.05) is 11.1 Å². The van der Waals surface area contributed by atoms with Crippen molar-refractivity contribution in [3.05, 3.63) is 96.1 Å². The normalized spacial score (nSPS) is 11.7. The molecule has 0 unspecified atom stereocenters. The van der Waals surface area contributed by atoms with Crippen LogP contribution in [0.1, 0.15) is 28.7 Å². The zero-order valence-corrected chi connectivity index (χ0v) is 18.6. The number of methoxy groups -OCH3 is 2. The molecule has 0 saturated heterocycles. The van der Waals surface area contributed by atoms with E-state index < -0.39 is 0 Å². The second kappa shape index (κ2) is 9.87. The van der Waals surface area contributed by atoms with Gasteiger partial charge in [-0.05, 0) is 55.5 Å². The van der Waals surface area contributed by atoms with Gasteiger partial charge in [0.1, 0.15) is 11.3 Å². The summed E-state index contributed by atoms with van der Waals surface area (Å²) in [5.41, 5.74) is 2.69. The molecular formula is C27H23NO5. The van der Waals surface area contributed by atoms with E-state index >= 15 is 0 Å². The molecule has 4 aromatic rings. The summed E-state index contributed by atoms with van der Waals surface area (Å²) >= 11 is 0. The molecule has 0 aliphatic carbocycles. The summed E-state index contributed by atoms with van der Waals surface area (Å²) in [6.07, 6.45) is 5.07. The lowest BCUT2D eigenvalue weighted by Gasteiger charge is -2.11. The number of benzene rings is 3. The Kier molecular flexibility index (Phi) is 6.55. The molecule has 6 nitrogen and oxygen atoms in total. The number of hydrogen-bond donors (Lipinski definition) is 0. The van der Waals surface area contributed by atoms with Gasteiger partial charge in [0.05, 0.1) is 26.1 Å². The first-order valence-corrected chi connectivity index (χ1v) is 10.4. The second-order valence-corrected chi connectivity index (χ2v) is 7.07. The number of carbonyl (C=O) groups is 1. The van der Waals surface area contributed by atoms with Crippen LogP contribution in [0.3, 0.4) is 0 Å². The molecule has 0 spiro atoms. The fraction of sp³-hybridized carbons (Fsp3) is 0.111. The van der Waals surface area contributed by atoms with Crippen LogP contribution in [0, 0.1) is 0 Å². The second-order valence-electron chi connectivity index (χ2n) is 7.07. The SMILES string of the molecule is C/C=C/Oc1ccc(C(=O)/C(=C\c2cccc(OC)c2OC)c2nc3ccccc3o2)cc1. The van der Waals surface area contributed by atoms with Gasteiger partial charge in [0.25, 0.3) is 0 Å². The molecule has 0 atom stereocenters. The minimum Gasteiger partial charge on any atom is -0.493 e. The van der Waals surface area contributed by atoms with E-state index in [1.54, 1.807) is 63.0 Å². The Morgan fingerprint density at radius 3 is 2.42 bits per heavy atom. The maximum atomic E-state index is 13.6. The lowest BCUT2D eigenvalue weighted by molar-refractivity contribution is 0.105. The Hall–Kier alpha value is -4.32. The van der Waals surface area contributed by atoms with Crippen molar-refractivity contribution in [2.24, 2.45) is 0 Å². The lowest BCUT2D eigenvalue weighted by atomic mass is 10.00. The Balaban J connectivity index is 1.83. The number of aromatic nitrogens is 1. The molecule has 0 N–H and O–H groups in total. The van der Waals surface area contributed by atoms with Gasteiger partial charge in [-0.1, -0.05) is 30.3 Å². The van der Waals surface area contributed by atoms with Crippen LogP contribution in [0.25, 0.3) is 22.7 Å². The number of allylic oxidation sites excluding steroid dienone is 2. The highest BCUT2D eigenvalue weighted by Crippen LogP contribution is 2.34. The molecule has 0 saturated carbocycles. The predicted octanol–water partition coefficient (Wildman–Crippen LogP) is 6.18. The molecule has 0 radical (unpaired) electrons. The van der Waals surface area contributed by atoms with Gasteiger partial charge in [-0.25, -0.2) is 4.98 Å². The van der Waals surface area contributed by atoms with Crippen LogP contribution in [0.15, 0.2) is 83.5 Å². The fourth-order valence-corrected chi connectivity index (χ4v) is 3.38. The molecule has 1 heterocycles. The van der Waals surface area contributed by atoms with E-state index in [9.17, 15) is 4.79 Å². The van der Waals surface area contributed by atoms with E-state index in [0.29, 0.717) is 45.0 Å². The Morgan fingerprint density at radius 1 is 0.939 bits per heavy atom. The smallest absolute Gasteiger partial charge is 0.231 e. The van der Waals surface area contributed by atoms with Crippen molar-refractivity contribution in [3.63, 3.8) is 0 Å². The number of ether oxygens (including phenoxy) is 3. The predicted molar refractivity (Wildman–Crippen MR) is 128 cm³/mol. The van der Waals surface area contributed by atoms with Crippen molar-refractivity contribution in [1.82, 2.24) is 4.98 Å². The standard InChI is InChI=1S/C27H23NO5/c1-4-16-32-20-14-12-18(13-15-20)25(29)21(27-28-22-9-5-6-10-23(22)33-27)17-19-8-7-11-24(30-2)26(19)31-3/h4-17H,1-3H3/b16-4+,21-17+. The molecule has 0 aliphatic heterocycles. The zero-order chi connectivity index (χ0) is 23.2. The Bertz CT molecular complexity index is 1300. The molecule has 166 valence electrons. The number of oxazole rings is 1. The van der Waals surface area contributed by atoms with Crippen LogP contribution in [0.4, 0.5) is 0 Å². The maximum absolute atomic E-state index is 13.6. The third-order valence-electron chi connectivity index (χ3n) is 4.96. The van der Waals surface area contributed by atoms with Gasteiger partial charge in [-0.2, -0.15) is 0 Å². The van der Waals surface area contributed by atoms with Crippen molar-refractivity contribution < 1.29 is 23.4 Å². The van der Waals surface area contributed by atoms with E-state index in [-0.39, 0.29) is 11.7 Å². The molecule has 3 aromatic carbocycles. The van der Waals surface area contributed by atoms with Gasteiger partial charge < -0.3 is 18.6 Å². The molecule has 0 bridgehead atoms. The minimum absolute atomic E-state index is 0.223. The Morgan fingerprint density at radius 2 is 1.73 bits per heavy atom. The number of para-hydroxylation sites is 3. The lowest BCUT2D eigenvalue weighted by Crippen LogP contribution is -2.04. The largest absolute Gasteiger partial charge is 0.493 e. The van der Waals surface area contributed by atoms with Crippen molar-refractivity contribution in [2.45, 2.75) is 6.92 Å². The van der Waals surface area contributed by atoms with Gasteiger partial charge in [-0.3, -0.25) is 4.79 Å². The van der Waals surface area contributed by atoms with Crippen LogP contribution in [0.5, 0.6) is 17.2 Å². The van der Waals surface area contributed by atoms with Gasteiger partial charge in [-0.15, -0.1) is 0 Å². The number of ketones is 1. The first-order chi connectivity index (χ1) is 16.1. The van der Waals surface area contributed by atoms with Crippen LogP contribution in [0.2, 0.25) is 0 Å². The van der Waals surface area contributed by atoms with Crippen LogP contribution in [-0.2, 0) is 0 Å². The fourth-order valence-electron chi connectivity index (χ4n) is 3.38. The highest BCUT2D eigenvalue weighted by molar-refractivity contribution is 6.31. The summed E-state index contributed by atoms with van der Waals surface area (Å²) in [6, 6.07) is 19.7. The van der Waals surface area contributed by atoms with E-state index in [4.69, 9.17) is 18.6 Å². The van der Waals surface area contributed by atoms with E-state index in [0.717, 1.165) is 0 Å². The number of nitrogens with zero attached hydrogens (tertiary/aromatic N) is 1. The van der Waals surface area contributed by atoms with Crippen LogP contribution in [-0.4, -0.2) is 25.0 Å². The molecule has 0 aliphatic rings. The summed E-state index contributed by atoms with van der Waals surface area (Å²) in [5, 5.41) is 0. The van der Waals surface area contributed by atoms with Crippen molar-refractivity contribution in [3.8, 4) is 17.2 Å². The van der Waals surface area contributed by atoms with E-state index in [1.807, 2.05) is 43.3 Å². The Labute approximate surface area is 191 Å². The third-order valence-corrected chi connectivity index (χ3v) is 4.96. The number of hydrogen-bond acceptors (Lipinski definition) is 6. The first kappa shape index (κ1) is 21.9. The summed E-state index contributed by atoms with van der Waals surface area (Å²) in [5.74, 6) is 1.67. The number of fused-ring (bicyclic) bond motifs is 1. The number of carbonyl (C=O) groups excluding carboxylic acids is 1. The average Bonchev–Trinajstić information content (AvgIpc) is 3.29. The zero-order valence-electron chi connectivity index (χ0n) is 18.6. The summed E-state index contributed by atoms with van der Waals surface area (Å²) in [4.78, 5) is 18.2. The number of Topliss-reactive ketones (excluding diaryl/α,β-unsaturated/α-hetero) is 1. The van der Waals surface area contributed by atoms with Crippen LogP contribution >= 0.6 is 0 Å². The molecular weight excluding hydrogens is 418 g/mol. The maximum Gasteiger partial charge on any atom is 0.231 e. The molecule has 4 rings (SSSR count). The van der Waals surface area contributed by atoms with Crippen molar-refractivity contribution >= 4 is 28.5 Å². The molecule has 6 heteroatoms. The van der Waals surface area contributed by atoms with E-state index in [2.05, 4.69) is 4.98 Å². The van der Waals surface area contributed by atoms with Crippen molar-refractivity contribution in [1.29, 1.82) is 0 Å².